The number of fused-ring (bicyclic) bond motifs is 1. The molecule has 0 unspecified atom stereocenters. The molecule has 1 aromatic carbocycles. The van der Waals surface area contributed by atoms with Gasteiger partial charge >= 0.3 is 0 Å². The molecule has 0 saturated carbocycles. The molecular weight excluding hydrogens is 261 g/mol. The van der Waals surface area contributed by atoms with Crippen molar-refractivity contribution < 1.29 is 0 Å². The third-order valence-corrected chi connectivity index (χ3v) is 3.15. The molecule has 0 aromatic heterocycles. The van der Waals surface area contributed by atoms with Gasteiger partial charge in [-0.15, -0.1) is 0 Å². The fourth-order valence-corrected chi connectivity index (χ4v) is 2.26. The van der Waals surface area contributed by atoms with E-state index in [1.54, 1.807) is 0 Å². The second kappa shape index (κ2) is 3.34. The number of halogens is 1. The van der Waals surface area contributed by atoms with Crippen molar-refractivity contribution >= 4 is 22.9 Å². The number of nitrogens with zero attached hydrogens (tertiary/aromatic N) is 1. The van der Waals surface area contributed by atoms with Crippen LogP contribution in [-0.2, 0) is 13.0 Å². The van der Waals surface area contributed by atoms with Crippen molar-refractivity contribution in [1.82, 2.24) is 3.11 Å². The van der Waals surface area contributed by atoms with Crippen molar-refractivity contribution in [3.63, 3.8) is 0 Å². The Balaban J connectivity index is 2.37. The van der Waals surface area contributed by atoms with Gasteiger partial charge in [-0.3, -0.25) is 0 Å². The maximum atomic E-state index is 2.40. The van der Waals surface area contributed by atoms with Gasteiger partial charge in [0.15, 0.2) is 0 Å². The second-order valence-corrected chi connectivity index (χ2v) is 4.73. The summed E-state index contributed by atoms with van der Waals surface area (Å²) in [4.78, 5) is 0. The van der Waals surface area contributed by atoms with Crippen LogP contribution in [0.4, 0.5) is 0 Å². The van der Waals surface area contributed by atoms with Crippen molar-refractivity contribution in [2.24, 2.45) is 0 Å². The molecule has 0 atom stereocenters. The molecule has 0 aliphatic carbocycles. The minimum atomic E-state index is 1.11. The SMILES string of the molecule is Cc1ccc2c(c1)CN(I)CC2. The average Bonchev–Trinajstić information content (AvgIpc) is 2.03. The van der Waals surface area contributed by atoms with Crippen LogP contribution in [0, 0.1) is 6.92 Å². The first kappa shape index (κ1) is 8.51. The third-order valence-electron chi connectivity index (χ3n) is 2.33. The lowest BCUT2D eigenvalue weighted by Crippen LogP contribution is -2.21. The van der Waals surface area contributed by atoms with E-state index in [-0.39, 0.29) is 0 Å². The normalized spacial score (nSPS) is 17.5. The quantitative estimate of drug-likeness (QED) is 0.519. The molecule has 0 spiro atoms. The predicted octanol–water partition coefficient (Wildman–Crippen LogP) is 2.70. The molecule has 1 aliphatic heterocycles. The van der Waals surface area contributed by atoms with Gasteiger partial charge in [0, 0.05) is 36.0 Å². The van der Waals surface area contributed by atoms with Crippen LogP contribution < -0.4 is 0 Å². The maximum absolute atomic E-state index is 2.40. The molecule has 1 aliphatic rings. The van der Waals surface area contributed by atoms with Crippen molar-refractivity contribution in [2.45, 2.75) is 19.9 Å². The van der Waals surface area contributed by atoms with Crippen LogP contribution in [0.5, 0.6) is 0 Å². The second-order valence-electron chi connectivity index (χ2n) is 3.37. The highest BCUT2D eigenvalue weighted by Gasteiger charge is 2.13. The van der Waals surface area contributed by atoms with Crippen LogP contribution >= 0.6 is 22.9 Å². The van der Waals surface area contributed by atoms with Crippen LogP contribution in [0.15, 0.2) is 18.2 Å². The van der Waals surface area contributed by atoms with Gasteiger partial charge in [-0.05, 0) is 24.5 Å². The minimum Gasteiger partial charge on any atom is -0.243 e. The Hall–Kier alpha value is -0.0900. The summed E-state index contributed by atoms with van der Waals surface area (Å²) >= 11 is 2.40. The van der Waals surface area contributed by atoms with E-state index in [0.717, 1.165) is 6.54 Å². The van der Waals surface area contributed by atoms with Crippen LogP contribution in [0.2, 0.25) is 0 Å². The van der Waals surface area contributed by atoms with Crippen molar-refractivity contribution in [2.75, 3.05) is 6.54 Å². The smallest absolute Gasteiger partial charge is 0.0335 e. The Labute approximate surface area is 87.3 Å². The van der Waals surface area contributed by atoms with E-state index >= 15 is 0 Å². The summed E-state index contributed by atoms with van der Waals surface area (Å²) in [7, 11) is 0. The lowest BCUT2D eigenvalue weighted by molar-refractivity contribution is 0.480. The first-order chi connectivity index (χ1) is 5.75. The van der Waals surface area contributed by atoms with Gasteiger partial charge in [0.25, 0.3) is 0 Å². The fourth-order valence-electron chi connectivity index (χ4n) is 1.65. The highest BCUT2D eigenvalue weighted by Crippen LogP contribution is 2.21. The van der Waals surface area contributed by atoms with Gasteiger partial charge in [-0.2, -0.15) is 0 Å². The number of hydrogen-bond acceptors (Lipinski definition) is 1. The molecule has 12 heavy (non-hydrogen) atoms. The van der Waals surface area contributed by atoms with Gasteiger partial charge in [0.2, 0.25) is 0 Å². The van der Waals surface area contributed by atoms with Gasteiger partial charge in [0.1, 0.15) is 0 Å². The lowest BCUT2D eigenvalue weighted by Gasteiger charge is -2.23. The summed E-state index contributed by atoms with van der Waals surface area (Å²) < 4.78 is 2.35. The molecule has 1 heterocycles. The first-order valence-electron chi connectivity index (χ1n) is 4.25. The maximum Gasteiger partial charge on any atom is 0.0335 e. The molecule has 1 nitrogen and oxygen atoms in total. The van der Waals surface area contributed by atoms with E-state index in [1.165, 1.54) is 29.7 Å². The molecular formula is C10H12IN. The summed E-state index contributed by atoms with van der Waals surface area (Å²) in [5.41, 5.74) is 4.42. The first-order valence-corrected chi connectivity index (χ1v) is 5.21. The summed E-state index contributed by atoms with van der Waals surface area (Å²) in [6.07, 6.45) is 1.21. The Morgan fingerprint density at radius 1 is 1.33 bits per heavy atom. The lowest BCUT2D eigenvalue weighted by atomic mass is 9.99. The average molecular weight is 273 g/mol. The number of hydrogen-bond donors (Lipinski definition) is 0. The highest BCUT2D eigenvalue weighted by molar-refractivity contribution is 14.1. The molecule has 64 valence electrons. The number of aryl methyl sites for hydroxylation is 1. The summed E-state index contributed by atoms with van der Waals surface area (Å²) in [5.74, 6) is 0. The molecule has 0 amide bonds. The Morgan fingerprint density at radius 3 is 3.00 bits per heavy atom. The zero-order valence-electron chi connectivity index (χ0n) is 7.18. The topological polar surface area (TPSA) is 3.24 Å². The summed E-state index contributed by atoms with van der Waals surface area (Å²) in [5, 5.41) is 0. The molecule has 2 rings (SSSR count). The zero-order valence-corrected chi connectivity index (χ0v) is 9.34. The van der Waals surface area contributed by atoms with Crippen LogP contribution in [-0.4, -0.2) is 9.66 Å². The largest absolute Gasteiger partial charge is 0.243 e. The van der Waals surface area contributed by atoms with Crippen LogP contribution in [0.3, 0.4) is 0 Å². The van der Waals surface area contributed by atoms with E-state index in [1.807, 2.05) is 0 Å². The van der Waals surface area contributed by atoms with Gasteiger partial charge < -0.3 is 0 Å². The molecule has 0 bridgehead atoms. The highest BCUT2D eigenvalue weighted by atomic mass is 127. The number of rotatable bonds is 0. The molecule has 0 N–H and O–H groups in total. The van der Waals surface area contributed by atoms with E-state index in [9.17, 15) is 0 Å². The van der Waals surface area contributed by atoms with Gasteiger partial charge in [-0.25, -0.2) is 3.11 Å². The summed E-state index contributed by atoms with van der Waals surface area (Å²) in [6.45, 7) is 4.46. The summed E-state index contributed by atoms with van der Waals surface area (Å²) in [6, 6.07) is 6.79. The molecule has 2 heteroatoms. The van der Waals surface area contributed by atoms with E-state index in [2.05, 4.69) is 51.1 Å². The van der Waals surface area contributed by atoms with Crippen molar-refractivity contribution in [1.29, 1.82) is 0 Å². The molecule has 0 fully saturated rings. The predicted molar refractivity (Wildman–Crippen MR) is 59.3 cm³/mol. The third kappa shape index (κ3) is 1.64. The Kier molecular flexibility index (Phi) is 2.37. The van der Waals surface area contributed by atoms with Gasteiger partial charge in [0.05, 0.1) is 0 Å². The van der Waals surface area contributed by atoms with Crippen molar-refractivity contribution in [3.05, 3.63) is 34.9 Å². The number of benzene rings is 1. The monoisotopic (exact) mass is 273 g/mol. The van der Waals surface area contributed by atoms with Crippen LogP contribution in [0.1, 0.15) is 16.7 Å². The molecule has 1 aromatic rings. The van der Waals surface area contributed by atoms with E-state index < -0.39 is 0 Å². The van der Waals surface area contributed by atoms with E-state index in [0.29, 0.717) is 0 Å². The fraction of sp³-hybridized carbons (Fsp3) is 0.400. The van der Waals surface area contributed by atoms with Gasteiger partial charge in [-0.1, -0.05) is 23.8 Å². The Morgan fingerprint density at radius 2 is 2.17 bits per heavy atom. The van der Waals surface area contributed by atoms with Crippen LogP contribution in [0.25, 0.3) is 0 Å². The molecule has 0 radical (unpaired) electrons. The van der Waals surface area contributed by atoms with E-state index in [4.69, 9.17) is 0 Å². The Bertz CT molecular complexity index is 296. The molecule has 0 saturated heterocycles. The zero-order chi connectivity index (χ0) is 8.55. The standard InChI is InChI=1S/C10H12IN/c1-8-2-3-9-4-5-12(11)7-10(9)6-8/h2-3,6H,4-5,7H2,1H3. The van der Waals surface area contributed by atoms with Crippen molar-refractivity contribution in [3.8, 4) is 0 Å². The minimum absolute atomic E-state index is 1.11.